The summed E-state index contributed by atoms with van der Waals surface area (Å²) in [5.41, 5.74) is 2.59. The first-order valence-corrected chi connectivity index (χ1v) is 8.31. The lowest BCUT2D eigenvalue weighted by Crippen LogP contribution is -2.27. The second kappa shape index (κ2) is 8.76. The molecule has 1 unspecified atom stereocenters. The number of allylic oxidation sites excluding steroid dienone is 1. The quantitative estimate of drug-likeness (QED) is 0.616. The Morgan fingerprint density at radius 2 is 1.79 bits per heavy atom. The average Bonchev–Trinajstić information content (AvgIpc) is 2.61. The number of ether oxygens (including phenoxy) is 1. The van der Waals surface area contributed by atoms with Crippen LogP contribution >= 0.6 is 0 Å². The summed E-state index contributed by atoms with van der Waals surface area (Å²) in [6.07, 6.45) is 4.51. The summed E-state index contributed by atoms with van der Waals surface area (Å²) in [4.78, 5) is 23.9. The molecule has 0 aromatic heterocycles. The highest BCUT2D eigenvalue weighted by atomic mass is 16.6. The minimum Gasteiger partial charge on any atom is -0.457 e. The fraction of sp³-hybridized carbons (Fsp3) is 0.474. The number of hydrogen-bond donors (Lipinski definition) is 2. The molecule has 1 aliphatic carbocycles. The van der Waals surface area contributed by atoms with Crippen molar-refractivity contribution in [1.29, 1.82) is 0 Å². The first-order chi connectivity index (χ1) is 11.5. The topological polar surface area (TPSA) is 83.8 Å². The Labute approximate surface area is 142 Å². The molecule has 1 saturated carbocycles. The van der Waals surface area contributed by atoms with Crippen LogP contribution in [0.25, 0.3) is 6.08 Å². The second-order valence-electron chi connectivity index (χ2n) is 6.11. The van der Waals surface area contributed by atoms with Crippen LogP contribution in [0.4, 0.5) is 0 Å². The highest BCUT2D eigenvalue weighted by Gasteiger charge is 2.20. The van der Waals surface area contributed by atoms with Gasteiger partial charge in [-0.15, -0.1) is 0 Å². The maximum Gasteiger partial charge on any atom is 0.313 e. The van der Waals surface area contributed by atoms with Crippen molar-refractivity contribution in [3.8, 4) is 0 Å². The van der Waals surface area contributed by atoms with E-state index in [9.17, 15) is 9.59 Å². The summed E-state index contributed by atoms with van der Waals surface area (Å²) in [5, 5.41) is 17.9. The van der Waals surface area contributed by atoms with Gasteiger partial charge in [0.2, 0.25) is 0 Å². The highest BCUT2D eigenvalue weighted by Crippen LogP contribution is 2.24. The second-order valence-corrected chi connectivity index (χ2v) is 6.11. The minimum atomic E-state index is -0.888. The zero-order valence-electron chi connectivity index (χ0n) is 13.9. The van der Waals surface area contributed by atoms with E-state index in [2.05, 4.69) is 0 Å². The molecule has 2 rings (SSSR count). The van der Waals surface area contributed by atoms with Crippen LogP contribution in [0.15, 0.2) is 29.8 Å². The largest absolute Gasteiger partial charge is 0.457 e. The maximum atomic E-state index is 12.0. The number of aliphatic hydroxyl groups excluding tert-OH is 2. The Kier molecular flexibility index (Phi) is 6.70. The zero-order valence-corrected chi connectivity index (χ0v) is 13.9. The third kappa shape index (κ3) is 4.76. The SMILES string of the molecule is CC(C(=O)OC(CO)CO)c1ccc(C=C2CCCCC2=O)cc1. The summed E-state index contributed by atoms with van der Waals surface area (Å²) >= 11 is 0. The maximum absolute atomic E-state index is 12.0. The van der Waals surface area contributed by atoms with Gasteiger partial charge in [0.15, 0.2) is 5.78 Å². The summed E-state index contributed by atoms with van der Waals surface area (Å²) in [5.74, 6) is -0.762. The molecule has 2 N–H and O–H groups in total. The molecule has 0 spiro atoms. The first kappa shape index (κ1) is 18.4. The Hall–Kier alpha value is -1.98. The molecule has 24 heavy (non-hydrogen) atoms. The van der Waals surface area contributed by atoms with E-state index in [0.717, 1.165) is 36.0 Å². The Bertz CT molecular complexity index is 599. The number of ketones is 1. The summed E-state index contributed by atoms with van der Waals surface area (Å²) in [7, 11) is 0. The van der Waals surface area contributed by atoms with Crippen LogP contribution in [0.3, 0.4) is 0 Å². The molecule has 1 aromatic carbocycles. The van der Waals surface area contributed by atoms with E-state index < -0.39 is 31.2 Å². The van der Waals surface area contributed by atoms with E-state index in [1.165, 1.54) is 0 Å². The van der Waals surface area contributed by atoms with Gasteiger partial charge >= 0.3 is 5.97 Å². The molecule has 130 valence electrons. The van der Waals surface area contributed by atoms with Crippen LogP contribution < -0.4 is 0 Å². The summed E-state index contributed by atoms with van der Waals surface area (Å²) in [6, 6.07) is 7.42. The first-order valence-electron chi connectivity index (χ1n) is 8.31. The number of benzene rings is 1. The lowest BCUT2D eigenvalue weighted by Gasteiger charge is -2.17. The van der Waals surface area contributed by atoms with E-state index in [1.54, 1.807) is 6.92 Å². The van der Waals surface area contributed by atoms with Gasteiger partial charge in [-0.3, -0.25) is 9.59 Å². The molecule has 1 atom stereocenters. The van der Waals surface area contributed by atoms with E-state index in [-0.39, 0.29) is 5.78 Å². The van der Waals surface area contributed by atoms with Gasteiger partial charge in [-0.1, -0.05) is 24.3 Å². The Balaban J connectivity index is 2.04. The molecule has 0 amide bonds. The molecular weight excluding hydrogens is 308 g/mol. The van der Waals surface area contributed by atoms with Crippen molar-refractivity contribution >= 4 is 17.8 Å². The van der Waals surface area contributed by atoms with Crippen molar-refractivity contribution in [3.05, 3.63) is 41.0 Å². The average molecular weight is 332 g/mol. The van der Waals surface area contributed by atoms with E-state index in [1.807, 2.05) is 30.3 Å². The monoisotopic (exact) mass is 332 g/mol. The molecule has 0 saturated heterocycles. The number of carbonyl (C=O) groups excluding carboxylic acids is 2. The van der Waals surface area contributed by atoms with Gasteiger partial charge in [0.05, 0.1) is 19.1 Å². The van der Waals surface area contributed by atoms with Gasteiger partial charge in [0.25, 0.3) is 0 Å². The van der Waals surface area contributed by atoms with Crippen molar-refractivity contribution in [1.82, 2.24) is 0 Å². The van der Waals surface area contributed by atoms with Gasteiger partial charge < -0.3 is 14.9 Å². The van der Waals surface area contributed by atoms with Crippen LogP contribution in [0.5, 0.6) is 0 Å². The fourth-order valence-electron chi connectivity index (χ4n) is 2.67. The minimum absolute atomic E-state index is 0.223. The van der Waals surface area contributed by atoms with Crippen molar-refractivity contribution in [2.75, 3.05) is 13.2 Å². The molecule has 0 radical (unpaired) electrons. The number of esters is 1. The van der Waals surface area contributed by atoms with Gasteiger partial charge in [-0.25, -0.2) is 0 Å². The number of aliphatic hydroxyl groups is 2. The van der Waals surface area contributed by atoms with Crippen molar-refractivity contribution in [2.45, 2.75) is 44.6 Å². The normalized spacial score (nSPS) is 18.0. The van der Waals surface area contributed by atoms with E-state index in [0.29, 0.717) is 6.42 Å². The zero-order chi connectivity index (χ0) is 17.5. The van der Waals surface area contributed by atoms with Crippen LogP contribution in [0.2, 0.25) is 0 Å². The molecule has 0 bridgehead atoms. The third-order valence-electron chi connectivity index (χ3n) is 4.28. The number of Topliss-reactive ketones (excluding diaryl/α,β-unsaturated/α-hetero) is 1. The van der Waals surface area contributed by atoms with Crippen molar-refractivity contribution in [2.24, 2.45) is 0 Å². The third-order valence-corrected chi connectivity index (χ3v) is 4.28. The molecule has 0 aliphatic heterocycles. The predicted molar refractivity (Wildman–Crippen MR) is 90.4 cm³/mol. The number of hydrogen-bond acceptors (Lipinski definition) is 5. The standard InChI is InChI=1S/C19H24O5/c1-13(19(23)24-17(11-20)12-21)15-8-6-14(7-9-15)10-16-4-2-3-5-18(16)22/h6-10,13,17,20-21H,2-5,11-12H2,1H3. The Morgan fingerprint density at radius 3 is 2.38 bits per heavy atom. The smallest absolute Gasteiger partial charge is 0.313 e. The van der Waals surface area contributed by atoms with Crippen molar-refractivity contribution < 1.29 is 24.5 Å². The van der Waals surface area contributed by atoms with Crippen LogP contribution in [0, 0.1) is 0 Å². The number of carbonyl (C=O) groups is 2. The Morgan fingerprint density at radius 1 is 1.17 bits per heavy atom. The number of rotatable bonds is 6. The lowest BCUT2D eigenvalue weighted by atomic mass is 9.91. The van der Waals surface area contributed by atoms with Gasteiger partial charge in [-0.2, -0.15) is 0 Å². The van der Waals surface area contributed by atoms with E-state index in [4.69, 9.17) is 14.9 Å². The van der Waals surface area contributed by atoms with Crippen LogP contribution in [0.1, 0.15) is 49.7 Å². The highest BCUT2D eigenvalue weighted by molar-refractivity contribution is 6.00. The molecular formula is C19H24O5. The van der Waals surface area contributed by atoms with E-state index >= 15 is 0 Å². The summed E-state index contributed by atoms with van der Waals surface area (Å²) in [6.45, 7) is 0.900. The van der Waals surface area contributed by atoms with Crippen LogP contribution in [-0.4, -0.2) is 41.3 Å². The van der Waals surface area contributed by atoms with Crippen molar-refractivity contribution in [3.63, 3.8) is 0 Å². The van der Waals surface area contributed by atoms with Gasteiger partial charge in [-0.05, 0) is 49.0 Å². The fourth-order valence-corrected chi connectivity index (χ4v) is 2.67. The molecule has 1 aromatic rings. The molecule has 0 heterocycles. The van der Waals surface area contributed by atoms with Gasteiger partial charge in [0.1, 0.15) is 6.10 Å². The van der Waals surface area contributed by atoms with Gasteiger partial charge in [0, 0.05) is 6.42 Å². The molecule has 1 fully saturated rings. The molecule has 5 nitrogen and oxygen atoms in total. The molecule has 1 aliphatic rings. The van der Waals surface area contributed by atoms with Crippen LogP contribution in [-0.2, 0) is 14.3 Å². The molecule has 5 heteroatoms. The lowest BCUT2D eigenvalue weighted by molar-refractivity contribution is -0.154. The predicted octanol–water partition coefficient (Wildman–Crippen LogP) is 2.21. The summed E-state index contributed by atoms with van der Waals surface area (Å²) < 4.78 is 5.04.